The number of carbonyl (C=O) groups is 1. The van der Waals surface area contributed by atoms with Crippen LogP contribution in [-0.2, 0) is 9.53 Å². The highest BCUT2D eigenvalue weighted by atomic mass is 16.5. The summed E-state index contributed by atoms with van der Waals surface area (Å²) in [5, 5.41) is 0. The predicted molar refractivity (Wildman–Crippen MR) is 79.4 cm³/mol. The fourth-order valence-corrected chi connectivity index (χ4v) is 2.95. The zero-order chi connectivity index (χ0) is 14.5. The van der Waals surface area contributed by atoms with Crippen molar-refractivity contribution >= 4 is 5.91 Å². The summed E-state index contributed by atoms with van der Waals surface area (Å²) in [6.45, 7) is 9.56. The lowest BCUT2D eigenvalue weighted by Gasteiger charge is -2.26. The molecule has 2 rings (SSSR count). The smallest absolute Gasteiger partial charge is 0.239 e. The lowest BCUT2D eigenvalue weighted by molar-refractivity contribution is -0.133. The molecule has 1 amide bonds. The van der Waals surface area contributed by atoms with Crippen LogP contribution in [-0.4, -0.2) is 67.2 Å². The molecule has 0 aromatic heterocycles. The molecule has 0 aromatic rings. The molecule has 0 bridgehead atoms. The van der Waals surface area contributed by atoms with Crippen molar-refractivity contribution in [3.8, 4) is 0 Å². The molecular formula is C15H29N3O2. The summed E-state index contributed by atoms with van der Waals surface area (Å²) >= 11 is 0. The van der Waals surface area contributed by atoms with E-state index in [2.05, 4.69) is 4.90 Å². The number of ether oxygens (including phenoxy) is 1. The SMILES string of the molecule is CC(C)[C@H](N)C(=O)N1CCCN(CC2CCCO2)CC1. The first-order valence-electron chi connectivity index (χ1n) is 7.96. The Morgan fingerprint density at radius 2 is 2.05 bits per heavy atom. The zero-order valence-electron chi connectivity index (χ0n) is 12.9. The van der Waals surface area contributed by atoms with Crippen molar-refractivity contribution in [1.29, 1.82) is 0 Å². The van der Waals surface area contributed by atoms with Crippen molar-refractivity contribution in [1.82, 2.24) is 9.80 Å². The minimum atomic E-state index is -0.361. The Balaban J connectivity index is 1.80. The molecule has 2 saturated heterocycles. The van der Waals surface area contributed by atoms with E-state index in [1.54, 1.807) is 0 Å². The summed E-state index contributed by atoms with van der Waals surface area (Å²) < 4.78 is 5.70. The van der Waals surface area contributed by atoms with Crippen molar-refractivity contribution in [2.24, 2.45) is 11.7 Å². The monoisotopic (exact) mass is 283 g/mol. The number of hydrogen-bond donors (Lipinski definition) is 1. The molecule has 2 fully saturated rings. The van der Waals surface area contributed by atoms with Gasteiger partial charge >= 0.3 is 0 Å². The summed E-state index contributed by atoms with van der Waals surface area (Å²) in [5.41, 5.74) is 5.98. The third-order valence-electron chi connectivity index (χ3n) is 4.39. The van der Waals surface area contributed by atoms with E-state index < -0.39 is 0 Å². The van der Waals surface area contributed by atoms with Gasteiger partial charge in [-0.25, -0.2) is 0 Å². The number of carbonyl (C=O) groups excluding carboxylic acids is 1. The summed E-state index contributed by atoms with van der Waals surface area (Å²) in [5.74, 6) is 0.313. The quantitative estimate of drug-likeness (QED) is 0.824. The number of amides is 1. The van der Waals surface area contributed by atoms with Crippen molar-refractivity contribution in [3.63, 3.8) is 0 Å². The topological polar surface area (TPSA) is 58.8 Å². The number of hydrogen-bond acceptors (Lipinski definition) is 4. The van der Waals surface area contributed by atoms with Crippen LogP contribution >= 0.6 is 0 Å². The Morgan fingerprint density at radius 3 is 2.70 bits per heavy atom. The van der Waals surface area contributed by atoms with E-state index >= 15 is 0 Å². The second-order valence-corrected chi connectivity index (χ2v) is 6.38. The van der Waals surface area contributed by atoms with E-state index in [1.807, 2.05) is 18.7 Å². The molecule has 1 unspecified atom stereocenters. The zero-order valence-corrected chi connectivity index (χ0v) is 12.9. The lowest BCUT2D eigenvalue weighted by Crippen LogP contribution is -2.47. The molecule has 2 aliphatic heterocycles. The Morgan fingerprint density at radius 1 is 1.25 bits per heavy atom. The number of nitrogens with two attached hydrogens (primary N) is 1. The molecule has 5 nitrogen and oxygen atoms in total. The van der Waals surface area contributed by atoms with Crippen molar-refractivity contribution in [2.45, 2.75) is 45.3 Å². The molecule has 0 aliphatic carbocycles. The Hall–Kier alpha value is -0.650. The van der Waals surface area contributed by atoms with Gasteiger partial charge in [-0.15, -0.1) is 0 Å². The maximum absolute atomic E-state index is 12.3. The van der Waals surface area contributed by atoms with Crippen LogP contribution in [0.5, 0.6) is 0 Å². The van der Waals surface area contributed by atoms with Gasteiger partial charge in [0.05, 0.1) is 12.1 Å². The van der Waals surface area contributed by atoms with Crippen molar-refractivity contribution in [2.75, 3.05) is 39.3 Å². The first-order chi connectivity index (χ1) is 9.58. The second kappa shape index (κ2) is 7.38. The van der Waals surface area contributed by atoms with E-state index in [0.717, 1.165) is 45.8 Å². The van der Waals surface area contributed by atoms with Crippen molar-refractivity contribution in [3.05, 3.63) is 0 Å². The van der Waals surface area contributed by atoms with Crippen LogP contribution in [0.4, 0.5) is 0 Å². The molecule has 2 N–H and O–H groups in total. The van der Waals surface area contributed by atoms with Gasteiger partial charge in [-0.2, -0.15) is 0 Å². The Kier molecular flexibility index (Phi) is 5.81. The molecule has 2 atom stereocenters. The first-order valence-corrected chi connectivity index (χ1v) is 7.96. The minimum absolute atomic E-state index is 0.110. The summed E-state index contributed by atoms with van der Waals surface area (Å²) in [4.78, 5) is 16.7. The van der Waals surface area contributed by atoms with Gasteiger partial charge in [-0.05, 0) is 31.7 Å². The second-order valence-electron chi connectivity index (χ2n) is 6.38. The standard InChI is InChI=1S/C15H29N3O2/c1-12(2)14(16)15(19)18-7-4-6-17(8-9-18)11-13-5-3-10-20-13/h12-14H,3-11,16H2,1-2H3/t13?,14-/m0/s1. The highest BCUT2D eigenvalue weighted by molar-refractivity contribution is 5.81. The molecule has 2 aliphatic rings. The number of nitrogens with zero attached hydrogens (tertiary/aromatic N) is 2. The molecular weight excluding hydrogens is 254 g/mol. The van der Waals surface area contributed by atoms with E-state index in [-0.39, 0.29) is 17.9 Å². The highest BCUT2D eigenvalue weighted by Gasteiger charge is 2.26. The fraction of sp³-hybridized carbons (Fsp3) is 0.933. The van der Waals surface area contributed by atoms with Crippen LogP contribution in [0.15, 0.2) is 0 Å². The summed E-state index contributed by atoms with van der Waals surface area (Å²) in [7, 11) is 0. The predicted octanol–water partition coefficient (Wildman–Crippen LogP) is 0.683. The fourth-order valence-electron chi connectivity index (χ4n) is 2.95. The van der Waals surface area contributed by atoms with E-state index in [1.165, 1.54) is 12.8 Å². The van der Waals surface area contributed by atoms with Crippen LogP contribution in [0.2, 0.25) is 0 Å². The van der Waals surface area contributed by atoms with Gasteiger partial charge < -0.3 is 15.4 Å². The van der Waals surface area contributed by atoms with Crippen LogP contribution in [0, 0.1) is 5.92 Å². The molecule has 20 heavy (non-hydrogen) atoms. The number of rotatable bonds is 4. The van der Waals surface area contributed by atoms with Gasteiger partial charge in [0.1, 0.15) is 0 Å². The Labute approximate surface area is 122 Å². The molecule has 0 radical (unpaired) electrons. The lowest BCUT2D eigenvalue weighted by atomic mass is 10.0. The molecule has 0 saturated carbocycles. The highest BCUT2D eigenvalue weighted by Crippen LogP contribution is 2.15. The normalized spacial score (nSPS) is 26.8. The molecule has 116 valence electrons. The van der Waals surface area contributed by atoms with Crippen LogP contribution in [0.3, 0.4) is 0 Å². The van der Waals surface area contributed by atoms with Gasteiger partial charge in [0, 0.05) is 32.8 Å². The largest absolute Gasteiger partial charge is 0.377 e. The van der Waals surface area contributed by atoms with Crippen LogP contribution < -0.4 is 5.73 Å². The molecule has 5 heteroatoms. The third-order valence-corrected chi connectivity index (χ3v) is 4.39. The van der Waals surface area contributed by atoms with E-state index in [0.29, 0.717) is 6.10 Å². The van der Waals surface area contributed by atoms with Gasteiger partial charge in [0.25, 0.3) is 0 Å². The van der Waals surface area contributed by atoms with Gasteiger partial charge in [0.2, 0.25) is 5.91 Å². The third kappa shape index (κ3) is 4.17. The van der Waals surface area contributed by atoms with E-state index in [4.69, 9.17) is 10.5 Å². The minimum Gasteiger partial charge on any atom is -0.377 e. The van der Waals surface area contributed by atoms with Gasteiger partial charge in [-0.1, -0.05) is 13.8 Å². The van der Waals surface area contributed by atoms with Gasteiger partial charge in [0.15, 0.2) is 0 Å². The van der Waals surface area contributed by atoms with E-state index in [9.17, 15) is 4.79 Å². The summed E-state index contributed by atoms with van der Waals surface area (Å²) in [6.07, 6.45) is 3.79. The van der Waals surface area contributed by atoms with Crippen LogP contribution in [0.25, 0.3) is 0 Å². The Bertz CT molecular complexity index is 316. The molecule has 2 heterocycles. The summed E-state index contributed by atoms with van der Waals surface area (Å²) in [6, 6.07) is -0.361. The molecule has 0 aromatic carbocycles. The average Bonchev–Trinajstić information content (AvgIpc) is 2.82. The van der Waals surface area contributed by atoms with Gasteiger partial charge in [-0.3, -0.25) is 9.69 Å². The maximum Gasteiger partial charge on any atom is 0.239 e. The average molecular weight is 283 g/mol. The first kappa shape index (κ1) is 15.7. The maximum atomic E-state index is 12.3. The van der Waals surface area contributed by atoms with Crippen molar-refractivity contribution < 1.29 is 9.53 Å². The van der Waals surface area contributed by atoms with Crippen LogP contribution in [0.1, 0.15) is 33.1 Å². The molecule has 0 spiro atoms.